The standard InChI is InChI=1S/C13H20F2N2/c1-3-5-17(4-2)13(9-16)10-6-11(14)8-12(15)7-10/h6-8,13H,3-5,9,16H2,1-2H3. The molecule has 0 heterocycles. The van der Waals surface area contributed by atoms with Crippen molar-refractivity contribution in [3.63, 3.8) is 0 Å². The van der Waals surface area contributed by atoms with Crippen LogP contribution in [0.25, 0.3) is 0 Å². The summed E-state index contributed by atoms with van der Waals surface area (Å²) >= 11 is 0. The highest BCUT2D eigenvalue weighted by molar-refractivity contribution is 5.22. The minimum absolute atomic E-state index is 0.120. The Morgan fingerprint density at radius 1 is 1.18 bits per heavy atom. The second kappa shape index (κ2) is 6.67. The van der Waals surface area contributed by atoms with Crippen LogP contribution in [0.2, 0.25) is 0 Å². The van der Waals surface area contributed by atoms with Crippen molar-refractivity contribution in [1.82, 2.24) is 4.90 Å². The minimum Gasteiger partial charge on any atom is -0.329 e. The Kier molecular flexibility index (Phi) is 5.51. The summed E-state index contributed by atoms with van der Waals surface area (Å²) in [7, 11) is 0. The zero-order valence-electron chi connectivity index (χ0n) is 10.4. The molecular weight excluding hydrogens is 222 g/mol. The molecule has 0 spiro atoms. The topological polar surface area (TPSA) is 29.3 Å². The summed E-state index contributed by atoms with van der Waals surface area (Å²) in [6.45, 7) is 6.14. The quantitative estimate of drug-likeness (QED) is 0.831. The second-order valence-corrected chi connectivity index (χ2v) is 4.08. The van der Waals surface area contributed by atoms with E-state index in [1.807, 2.05) is 6.92 Å². The molecule has 0 aliphatic rings. The van der Waals surface area contributed by atoms with Gasteiger partial charge in [-0.25, -0.2) is 8.78 Å². The maximum atomic E-state index is 13.2. The average molecular weight is 242 g/mol. The van der Waals surface area contributed by atoms with Crippen LogP contribution in [-0.2, 0) is 0 Å². The summed E-state index contributed by atoms with van der Waals surface area (Å²) in [4.78, 5) is 2.13. The molecule has 1 aromatic carbocycles. The molecule has 1 atom stereocenters. The van der Waals surface area contributed by atoms with E-state index in [1.54, 1.807) is 0 Å². The van der Waals surface area contributed by atoms with Crippen molar-refractivity contribution >= 4 is 0 Å². The molecule has 0 aliphatic heterocycles. The van der Waals surface area contributed by atoms with E-state index in [4.69, 9.17) is 5.73 Å². The summed E-state index contributed by atoms with van der Waals surface area (Å²) in [6, 6.07) is 3.48. The van der Waals surface area contributed by atoms with Gasteiger partial charge in [0.05, 0.1) is 0 Å². The number of hydrogen-bond acceptors (Lipinski definition) is 2. The highest BCUT2D eigenvalue weighted by atomic mass is 19.1. The van der Waals surface area contributed by atoms with Gasteiger partial charge in [-0.05, 0) is 37.2 Å². The zero-order valence-corrected chi connectivity index (χ0v) is 10.4. The zero-order chi connectivity index (χ0) is 12.8. The van der Waals surface area contributed by atoms with Crippen LogP contribution in [0.1, 0.15) is 31.9 Å². The van der Waals surface area contributed by atoms with E-state index in [1.165, 1.54) is 12.1 Å². The number of benzene rings is 1. The lowest BCUT2D eigenvalue weighted by Gasteiger charge is -2.29. The Bertz CT molecular complexity index is 335. The van der Waals surface area contributed by atoms with Gasteiger partial charge in [0.1, 0.15) is 11.6 Å². The third-order valence-electron chi connectivity index (χ3n) is 2.85. The SMILES string of the molecule is CCCN(CC)C(CN)c1cc(F)cc(F)c1. The van der Waals surface area contributed by atoms with Gasteiger partial charge in [-0.3, -0.25) is 4.90 Å². The van der Waals surface area contributed by atoms with Crippen molar-refractivity contribution in [3.05, 3.63) is 35.4 Å². The van der Waals surface area contributed by atoms with Gasteiger partial charge in [0.15, 0.2) is 0 Å². The number of nitrogens with zero attached hydrogens (tertiary/aromatic N) is 1. The fourth-order valence-corrected chi connectivity index (χ4v) is 2.09. The summed E-state index contributed by atoms with van der Waals surface area (Å²) in [5.74, 6) is -1.10. The monoisotopic (exact) mass is 242 g/mol. The maximum Gasteiger partial charge on any atom is 0.126 e. The highest BCUT2D eigenvalue weighted by Gasteiger charge is 2.18. The van der Waals surface area contributed by atoms with Crippen LogP contribution in [0, 0.1) is 11.6 Å². The van der Waals surface area contributed by atoms with E-state index in [9.17, 15) is 8.78 Å². The molecule has 0 aromatic heterocycles. The lowest BCUT2D eigenvalue weighted by Crippen LogP contribution is -2.34. The molecule has 0 radical (unpaired) electrons. The molecule has 0 amide bonds. The van der Waals surface area contributed by atoms with Crippen LogP contribution in [0.4, 0.5) is 8.78 Å². The number of nitrogens with two attached hydrogens (primary N) is 1. The summed E-state index contributed by atoms with van der Waals surface area (Å²) in [5.41, 5.74) is 6.34. The lowest BCUT2D eigenvalue weighted by atomic mass is 10.0. The smallest absolute Gasteiger partial charge is 0.126 e. The van der Waals surface area contributed by atoms with E-state index in [-0.39, 0.29) is 6.04 Å². The molecule has 0 saturated heterocycles. The van der Waals surface area contributed by atoms with Crippen molar-refractivity contribution in [2.24, 2.45) is 5.73 Å². The molecule has 2 N–H and O–H groups in total. The largest absolute Gasteiger partial charge is 0.329 e. The van der Waals surface area contributed by atoms with Crippen molar-refractivity contribution in [1.29, 1.82) is 0 Å². The van der Waals surface area contributed by atoms with Gasteiger partial charge < -0.3 is 5.73 Å². The molecule has 1 unspecified atom stereocenters. The van der Waals surface area contributed by atoms with Crippen molar-refractivity contribution in [3.8, 4) is 0 Å². The van der Waals surface area contributed by atoms with E-state index < -0.39 is 11.6 Å². The van der Waals surface area contributed by atoms with Gasteiger partial charge in [0.25, 0.3) is 0 Å². The van der Waals surface area contributed by atoms with Crippen LogP contribution in [0.15, 0.2) is 18.2 Å². The molecule has 1 aromatic rings. The van der Waals surface area contributed by atoms with E-state index in [2.05, 4.69) is 11.8 Å². The number of hydrogen-bond donors (Lipinski definition) is 1. The third kappa shape index (κ3) is 3.75. The second-order valence-electron chi connectivity index (χ2n) is 4.08. The van der Waals surface area contributed by atoms with Gasteiger partial charge in [0, 0.05) is 18.7 Å². The van der Waals surface area contributed by atoms with E-state index in [0.717, 1.165) is 25.6 Å². The minimum atomic E-state index is -0.550. The molecule has 17 heavy (non-hydrogen) atoms. The molecular formula is C13H20F2N2. The van der Waals surface area contributed by atoms with E-state index in [0.29, 0.717) is 12.1 Å². The summed E-state index contributed by atoms with van der Waals surface area (Å²) in [5, 5.41) is 0. The van der Waals surface area contributed by atoms with Crippen LogP contribution in [-0.4, -0.2) is 24.5 Å². The Balaban J connectivity index is 2.98. The van der Waals surface area contributed by atoms with Crippen LogP contribution in [0.5, 0.6) is 0 Å². The Morgan fingerprint density at radius 2 is 1.76 bits per heavy atom. The first-order valence-corrected chi connectivity index (χ1v) is 6.02. The first-order valence-electron chi connectivity index (χ1n) is 6.02. The Labute approximate surface area is 101 Å². The average Bonchev–Trinajstić information content (AvgIpc) is 2.27. The van der Waals surface area contributed by atoms with Crippen LogP contribution >= 0.6 is 0 Å². The fraction of sp³-hybridized carbons (Fsp3) is 0.538. The number of halogens is 2. The summed E-state index contributed by atoms with van der Waals surface area (Å²) < 4.78 is 26.4. The molecule has 0 fully saturated rings. The number of likely N-dealkylation sites (N-methyl/N-ethyl adjacent to an activating group) is 1. The summed E-state index contributed by atoms with van der Waals surface area (Å²) in [6.07, 6.45) is 0.988. The van der Waals surface area contributed by atoms with Crippen molar-refractivity contribution < 1.29 is 8.78 Å². The molecule has 0 aliphatic carbocycles. The Morgan fingerprint density at radius 3 is 2.18 bits per heavy atom. The Hall–Kier alpha value is -1.00. The van der Waals surface area contributed by atoms with Crippen molar-refractivity contribution in [2.75, 3.05) is 19.6 Å². The fourth-order valence-electron chi connectivity index (χ4n) is 2.09. The normalized spacial score (nSPS) is 13.1. The molecule has 96 valence electrons. The highest BCUT2D eigenvalue weighted by Crippen LogP contribution is 2.21. The van der Waals surface area contributed by atoms with Gasteiger partial charge in [-0.15, -0.1) is 0 Å². The predicted octanol–water partition coefficient (Wildman–Crippen LogP) is 2.70. The predicted molar refractivity (Wildman–Crippen MR) is 65.7 cm³/mol. The van der Waals surface area contributed by atoms with Crippen molar-refractivity contribution in [2.45, 2.75) is 26.3 Å². The molecule has 4 heteroatoms. The van der Waals surface area contributed by atoms with Gasteiger partial charge in [0.2, 0.25) is 0 Å². The van der Waals surface area contributed by atoms with Crippen LogP contribution in [0.3, 0.4) is 0 Å². The maximum absolute atomic E-state index is 13.2. The first-order chi connectivity index (χ1) is 8.12. The molecule has 1 rings (SSSR count). The third-order valence-corrected chi connectivity index (χ3v) is 2.85. The molecule has 0 saturated carbocycles. The number of rotatable bonds is 6. The molecule has 2 nitrogen and oxygen atoms in total. The van der Waals surface area contributed by atoms with Gasteiger partial charge >= 0.3 is 0 Å². The lowest BCUT2D eigenvalue weighted by molar-refractivity contribution is 0.212. The van der Waals surface area contributed by atoms with Gasteiger partial charge in [-0.2, -0.15) is 0 Å². The first kappa shape index (κ1) is 14.1. The van der Waals surface area contributed by atoms with Crippen LogP contribution < -0.4 is 5.73 Å². The van der Waals surface area contributed by atoms with E-state index >= 15 is 0 Å². The van der Waals surface area contributed by atoms with Gasteiger partial charge in [-0.1, -0.05) is 13.8 Å². The molecule has 0 bridgehead atoms.